The fourth-order valence-corrected chi connectivity index (χ4v) is 3.83. The molecule has 1 unspecified atom stereocenters. The lowest BCUT2D eigenvalue weighted by atomic mass is 9.84. The van der Waals surface area contributed by atoms with Gasteiger partial charge in [0.05, 0.1) is 12.6 Å². The van der Waals surface area contributed by atoms with Gasteiger partial charge >= 0.3 is 0 Å². The molecule has 5 heteroatoms. The van der Waals surface area contributed by atoms with Crippen LogP contribution in [0.1, 0.15) is 56.4 Å². The number of rotatable bonds is 5. The third-order valence-electron chi connectivity index (χ3n) is 4.90. The highest BCUT2D eigenvalue weighted by atomic mass is 35.5. The summed E-state index contributed by atoms with van der Waals surface area (Å²) in [4.78, 5) is 12.1. The highest BCUT2D eigenvalue weighted by Gasteiger charge is 2.21. The fraction of sp³-hybridized carbons (Fsp3) is 0.632. The molecule has 0 radical (unpaired) electrons. The summed E-state index contributed by atoms with van der Waals surface area (Å²) in [5.74, 6) is 1.19. The quantitative estimate of drug-likeness (QED) is 0.870. The third kappa shape index (κ3) is 4.87. The average molecular weight is 352 g/mol. The first-order valence-electron chi connectivity index (χ1n) is 9.02. The number of benzene rings is 1. The highest BCUT2D eigenvalue weighted by molar-refractivity contribution is 6.30. The number of halogens is 1. The van der Waals surface area contributed by atoms with Crippen LogP contribution in [0.25, 0.3) is 0 Å². The molecule has 1 aliphatic carbocycles. The summed E-state index contributed by atoms with van der Waals surface area (Å²) in [5, 5.41) is 3.71. The molecule has 3 rings (SSSR count). The molecule has 4 nitrogen and oxygen atoms in total. The number of carbonyl (C=O) groups is 1. The van der Waals surface area contributed by atoms with Gasteiger partial charge in [-0.25, -0.2) is 0 Å². The number of nitrogens with one attached hydrogen (secondary N) is 1. The molecular weight excluding hydrogens is 326 g/mol. The predicted molar refractivity (Wildman–Crippen MR) is 94.8 cm³/mol. The van der Waals surface area contributed by atoms with Crippen LogP contribution < -0.4 is 10.1 Å². The fourth-order valence-electron chi connectivity index (χ4n) is 3.65. The minimum absolute atomic E-state index is 0.0395. The van der Waals surface area contributed by atoms with Crippen molar-refractivity contribution in [3.8, 4) is 5.75 Å². The highest BCUT2D eigenvalue weighted by Crippen LogP contribution is 2.38. The zero-order valence-corrected chi connectivity index (χ0v) is 14.8. The lowest BCUT2D eigenvalue weighted by Crippen LogP contribution is -2.42. The molecule has 1 saturated carbocycles. The summed E-state index contributed by atoms with van der Waals surface area (Å²) in [6.45, 7) is 1.43. The SMILES string of the molecule is O=C(COc1ccc(Cl)cc1C1CCCCC1)NC1CCCOC1. The molecule has 1 amide bonds. The van der Waals surface area contributed by atoms with Crippen LogP contribution >= 0.6 is 11.6 Å². The molecule has 1 atom stereocenters. The molecule has 1 aromatic carbocycles. The van der Waals surface area contributed by atoms with Gasteiger partial charge in [0.2, 0.25) is 0 Å². The number of carbonyl (C=O) groups excluding carboxylic acids is 1. The van der Waals surface area contributed by atoms with Crippen LogP contribution in [0, 0.1) is 0 Å². The van der Waals surface area contributed by atoms with E-state index in [1.54, 1.807) is 0 Å². The van der Waals surface area contributed by atoms with Crippen molar-refractivity contribution >= 4 is 17.5 Å². The Morgan fingerprint density at radius 2 is 2.04 bits per heavy atom. The van der Waals surface area contributed by atoms with Crippen LogP contribution in [-0.4, -0.2) is 31.8 Å². The second-order valence-corrected chi connectivity index (χ2v) is 7.22. The minimum Gasteiger partial charge on any atom is -0.483 e. The lowest BCUT2D eigenvalue weighted by Gasteiger charge is -2.25. The molecule has 1 aliphatic heterocycles. The van der Waals surface area contributed by atoms with Gasteiger partial charge in [0.25, 0.3) is 5.91 Å². The summed E-state index contributed by atoms with van der Waals surface area (Å²) < 4.78 is 11.2. The average Bonchev–Trinajstić information content (AvgIpc) is 2.62. The van der Waals surface area contributed by atoms with Crippen LogP contribution in [0.2, 0.25) is 5.02 Å². The maximum absolute atomic E-state index is 12.1. The number of hydrogen-bond donors (Lipinski definition) is 1. The normalized spacial score (nSPS) is 22.1. The van der Waals surface area contributed by atoms with Crippen molar-refractivity contribution in [2.45, 2.75) is 56.9 Å². The van der Waals surface area contributed by atoms with Gasteiger partial charge in [0, 0.05) is 11.6 Å². The van der Waals surface area contributed by atoms with E-state index in [9.17, 15) is 4.79 Å². The molecule has 2 fully saturated rings. The Balaban J connectivity index is 1.58. The monoisotopic (exact) mass is 351 g/mol. The Hall–Kier alpha value is -1.26. The summed E-state index contributed by atoms with van der Waals surface area (Å²) in [5.41, 5.74) is 1.15. The number of hydrogen-bond acceptors (Lipinski definition) is 3. The first kappa shape index (κ1) is 17.6. The van der Waals surface area contributed by atoms with E-state index in [0.717, 1.165) is 35.8 Å². The van der Waals surface area contributed by atoms with Crippen molar-refractivity contribution in [1.29, 1.82) is 0 Å². The minimum atomic E-state index is -0.0879. The van der Waals surface area contributed by atoms with Crippen molar-refractivity contribution in [3.05, 3.63) is 28.8 Å². The van der Waals surface area contributed by atoms with E-state index in [1.807, 2.05) is 18.2 Å². The topological polar surface area (TPSA) is 47.6 Å². The van der Waals surface area contributed by atoms with Crippen LogP contribution in [0.3, 0.4) is 0 Å². The zero-order valence-electron chi connectivity index (χ0n) is 14.1. The summed E-state index contributed by atoms with van der Waals surface area (Å²) in [6, 6.07) is 5.83. The van der Waals surface area contributed by atoms with Gasteiger partial charge in [0.1, 0.15) is 5.75 Å². The van der Waals surface area contributed by atoms with Crippen molar-refractivity contribution in [1.82, 2.24) is 5.32 Å². The second kappa shape index (κ2) is 8.72. The zero-order chi connectivity index (χ0) is 16.8. The Morgan fingerprint density at radius 1 is 1.21 bits per heavy atom. The molecular formula is C19H26ClNO3. The van der Waals surface area contributed by atoms with Gasteiger partial charge in [0.15, 0.2) is 6.61 Å². The molecule has 132 valence electrons. The van der Waals surface area contributed by atoms with Gasteiger partial charge in [-0.3, -0.25) is 4.79 Å². The van der Waals surface area contributed by atoms with E-state index >= 15 is 0 Å². The number of ether oxygens (including phenoxy) is 2. The van der Waals surface area contributed by atoms with E-state index in [0.29, 0.717) is 12.5 Å². The maximum Gasteiger partial charge on any atom is 0.258 e. The van der Waals surface area contributed by atoms with Crippen LogP contribution in [0.4, 0.5) is 0 Å². The van der Waals surface area contributed by atoms with Gasteiger partial charge < -0.3 is 14.8 Å². The molecule has 1 saturated heterocycles. The second-order valence-electron chi connectivity index (χ2n) is 6.79. The Bertz CT molecular complexity index is 552. The maximum atomic E-state index is 12.1. The van der Waals surface area contributed by atoms with Crippen LogP contribution in [0.5, 0.6) is 5.75 Å². The molecule has 1 N–H and O–H groups in total. The smallest absolute Gasteiger partial charge is 0.258 e. The molecule has 1 heterocycles. The molecule has 1 aromatic rings. The third-order valence-corrected chi connectivity index (χ3v) is 5.14. The van der Waals surface area contributed by atoms with Gasteiger partial charge in [-0.05, 0) is 55.4 Å². The Labute approximate surface area is 148 Å². The molecule has 2 aliphatic rings. The van der Waals surface area contributed by atoms with Gasteiger partial charge in [-0.15, -0.1) is 0 Å². The first-order valence-corrected chi connectivity index (χ1v) is 9.39. The number of amides is 1. The van der Waals surface area contributed by atoms with Crippen molar-refractivity contribution in [2.24, 2.45) is 0 Å². The van der Waals surface area contributed by atoms with Gasteiger partial charge in [-0.1, -0.05) is 30.9 Å². The lowest BCUT2D eigenvalue weighted by molar-refractivity contribution is -0.124. The summed E-state index contributed by atoms with van der Waals surface area (Å²) in [7, 11) is 0. The molecule has 0 spiro atoms. The summed E-state index contributed by atoms with van der Waals surface area (Å²) >= 11 is 6.18. The molecule has 24 heavy (non-hydrogen) atoms. The molecule has 0 bridgehead atoms. The van der Waals surface area contributed by atoms with E-state index in [-0.39, 0.29) is 18.6 Å². The van der Waals surface area contributed by atoms with E-state index in [4.69, 9.17) is 21.1 Å². The van der Waals surface area contributed by atoms with E-state index in [2.05, 4.69) is 5.32 Å². The van der Waals surface area contributed by atoms with Gasteiger partial charge in [-0.2, -0.15) is 0 Å². The first-order chi connectivity index (χ1) is 11.7. The largest absolute Gasteiger partial charge is 0.483 e. The predicted octanol–water partition coefficient (Wildman–Crippen LogP) is 4.06. The van der Waals surface area contributed by atoms with E-state index < -0.39 is 0 Å². The van der Waals surface area contributed by atoms with Crippen LogP contribution in [-0.2, 0) is 9.53 Å². The molecule has 0 aromatic heterocycles. The van der Waals surface area contributed by atoms with Crippen molar-refractivity contribution < 1.29 is 14.3 Å². The van der Waals surface area contributed by atoms with Crippen LogP contribution in [0.15, 0.2) is 18.2 Å². The van der Waals surface area contributed by atoms with Crippen molar-refractivity contribution in [2.75, 3.05) is 19.8 Å². The van der Waals surface area contributed by atoms with Crippen molar-refractivity contribution in [3.63, 3.8) is 0 Å². The Kier molecular flexibility index (Phi) is 6.38. The Morgan fingerprint density at radius 3 is 2.79 bits per heavy atom. The summed E-state index contributed by atoms with van der Waals surface area (Å²) in [6.07, 6.45) is 8.11. The standard InChI is InChI=1S/C19H26ClNO3/c20-15-8-9-18(17(11-15)14-5-2-1-3-6-14)24-13-19(22)21-16-7-4-10-23-12-16/h8-9,11,14,16H,1-7,10,12-13H2,(H,21,22). The van der Waals surface area contributed by atoms with E-state index in [1.165, 1.54) is 32.1 Å².